The van der Waals surface area contributed by atoms with E-state index in [1.807, 2.05) is 0 Å². The number of nitrogens with one attached hydrogen (secondary N) is 1. The minimum atomic E-state index is -0.822. The largest absolute Gasteiger partial charge is 0.394 e. The fraction of sp³-hybridized carbons (Fsp3) is 0.600. The maximum absolute atomic E-state index is 11.5. The molecular formula is C10H14N2O5. The highest BCUT2D eigenvalue weighted by Gasteiger charge is 2.30. The Hall–Kier alpha value is -1.44. The topological polar surface area (TPSA) is 105 Å². The summed E-state index contributed by atoms with van der Waals surface area (Å²) in [6.07, 6.45) is 0.250. The first-order valence-corrected chi connectivity index (χ1v) is 5.34. The van der Waals surface area contributed by atoms with Crippen molar-refractivity contribution in [3.63, 3.8) is 0 Å². The van der Waals surface area contributed by atoms with Gasteiger partial charge in [-0.15, -0.1) is 0 Å². The summed E-state index contributed by atoms with van der Waals surface area (Å²) in [5, 5.41) is 18.6. The number of aromatic amines is 1. The molecule has 7 nitrogen and oxygen atoms in total. The number of nitrogens with zero attached hydrogens (tertiary/aromatic N) is 1. The Kier molecular flexibility index (Phi) is 3.41. The molecule has 2 rings (SSSR count). The fourth-order valence-corrected chi connectivity index (χ4v) is 1.93. The predicted octanol–water partition coefficient (Wildman–Crippen LogP) is -1.78. The van der Waals surface area contributed by atoms with Crippen LogP contribution in [0.2, 0.25) is 0 Å². The van der Waals surface area contributed by atoms with Crippen LogP contribution >= 0.6 is 0 Å². The van der Waals surface area contributed by atoms with E-state index in [1.54, 1.807) is 0 Å². The molecular weight excluding hydrogens is 228 g/mol. The van der Waals surface area contributed by atoms with E-state index >= 15 is 0 Å². The van der Waals surface area contributed by atoms with Crippen LogP contribution in [0.1, 0.15) is 12.5 Å². The molecule has 1 fully saturated rings. The van der Waals surface area contributed by atoms with E-state index in [-0.39, 0.29) is 19.3 Å². The molecule has 0 aliphatic carbocycles. The first-order chi connectivity index (χ1) is 8.11. The first kappa shape index (κ1) is 12.0. The van der Waals surface area contributed by atoms with Crippen LogP contribution in [0.5, 0.6) is 0 Å². The van der Waals surface area contributed by atoms with E-state index in [0.29, 0.717) is 6.42 Å². The minimum absolute atomic E-state index is 0.217. The van der Waals surface area contributed by atoms with E-state index < -0.39 is 23.5 Å². The Morgan fingerprint density at radius 1 is 1.53 bits per heavy atom. The van der Waals surface area contributed by atoms with Crippen molar-refractivity contribution in [1.29, 1.82) is 0 Å². The molecule has 0 bridgehead atoms. The molecule has 1 saturated heterocycles. The first-order valence-electron chi connectivity index (χ1n) is 5.34. The summed E-state index contributed by atoms with van der Waals surface area (Å²) >= 11 is 0. The second kappa shape index (κ2) is 4.82. The van der Waals surface area contributed by atoms with Gasteiger partial charge in [-0.2, -0.15) is 0 Å². The van der Waals surface area contributed by atoms with Crippen LogP contribution in [0.25, 0.3) is 0 Å². The van der Waals surface area contributed by atoms with Crippen molar-refractivity contribution in [3.05, 3.63) is 33.1 Å². The van der Waals surface area contributed by atoms with E-state index in [1.165, 1.54) is 16.8 Å². The van der Waals surface area contributed by atoms with Gasteiger partial charge < -0.3 is 14.9 Å². The van der Waals surface area contributed by atoms with Crippen LogP contribution in [0, 0.1) is 0 Å². The number of H-pyrrole nitrogens is 1. The lowest BCUT2D eigenvalue weighted by Crippen LogP contribution is -2.44. The molecule has 1 aliphatic rings. The second-order valence-corrected chi connectivity index (χ2v) is 4.03. The molecule has 1 aliphatic heterocycles. The number of hydrogen-bond acceptors (Lipinski definition) is 5. The van der Waals surface area contributed by atoms with Crippen LogP contribution in [0.4, 0.5) is 0 Å². The van der Waals surface area contributed by atoms with Gasteiger partial charge in [0.25, 0.3) is 5.56 Å². The zero-order chi connectivity index (χ0) is 12.4. The number of ether oxygens (including phenoxy) is 1. The number of aliphatic hydroxyl groups excluding tert-OH is 2. The van der Waals surface area contributed by atoms with Crippen molar-refractivity contribution >= 4 is 0 Å². The Morgan fingerprint density at radius 3 is 2.88 bits per heavy atom. The zero-order valence-electron chi connectivity index (χ0n) is 9.07. The smallest absolute Gasteiger partial charge is 0.328 e. The molecule has 94 valence electrons. The Bertz CT molecular complexity index is 494. The molecule has 0 radical (unpaired) electrons. The summed E-state index contributed by atoms with van der Waals surface area (Å²) < 4.78 is 6.56. The third-order valence-corrected chi connectivity index (χ3v) is 2.87. The highest BCUT2D eigenvalue weighted by atomic mass is 16.5. The molecule has 3 N–H and O–H groups in total. The SMILES string of the molecule is O=c1ccn([C@H]2CO[C@H](CO)[C@@H](O)C2)c(=O)[nH]1. The van der Waals surface area contributed by atoms with Crippen molar-refractivity contribution in [1.82, 2.24) is 9.55 Å². The van der Waals surface area contributed by atoms with E-state index in [2.05, 4.69) is 4.98 Å². The standard InChI is InChI=1S/C10H14N2O5/c13-4-8-7(14)3-6(5-17-8)12-2-1-9(15)11-10(12)16/h1-2,6-8,13-14H,3-5H2,(H,11,15,16)/t6-,7+,8-/m1/s1. The van der Waals surface area contributed by atoms with Crippen LogP contribution in [-0.4, -0.2) is 45.2 Å². The summed E-state index contributed by atoms with van der Waals surface area (Å²) in [7, 11) is 0. The lowest BCUT2D eigenvalue weighted by molar-refractivity contribution is -0.113. The minimum Gasteiger partial charge on any atom is -0.394 e. The second-order valence-electron chi connectivity index (χ2n) is 4.03. The molecule has 0 aromatic carbocycles. The number of rotatable bonds is 2. The predicted molar refractivity (Wildman–Crippen MR) is 57.8 cm³/mol. The van der Waals surface area contributed by atoms with Crippen LogP contribution in [0.3, 0.4) is 0 Å². The summed E-state index contributed by atoms with van der Waals surface area (Å²) in [5.74, 6) is 0. The quantitative estimate of drug-likeness (QED) is 0.568. The molecule has 0 amide bonds. The zero-order valence-corrected chi connectivity index (χ0v) is 9.07. The molecule has 2 heterocycles. The van der Waals surface area contributed by atoms with Gasteiger partial charge in [-0.3, -0.25) is 14.3 Å². The molecule has 17 heavy (non-hydrogen) atoms. The maximum Gasteiger partial charge on any atom is 0.328 e. The molecule has 1 aromatic heterocycles. The number of hydrogen-bond donors (Lipinski definition) is 3. The lowest BCUT2D eigenvalue weighted by atomic mass is 10.0. The third kappa shape index (κ3) is 2.46. The van der Waals surface area contributed by atoms with Crippen molar-refractivity contribution < 1.29 is 14.9 Å². The van der Waals surface area contributed by atoms with Gasteiger partial charge in [0, 0.05) is 12.3 Å². The van der Waals surface area contributed by atoms with Gasteiger partial charge in [-0.25, -0.2) is 4.79 Å². The maximum atomic E-state index is 11.5. The lowest BCUT2D eigenvalue weighted by Gasteiger charge is -2.32. The third-order valence-electron chi connectivity index (χ3n) is 2.87. The van der Waals surface area contributed by atoms with Crippen molar-refractivity contribution in [2.24, 2.45) is 0 Å². The summed E-state index contributed by atoms with van der Waals surface area (Å²) in [5.41, 5.74) is -0.988. The van der Waals surface area contributed by atoms with Gasteiger partial charge in [0.2, 0.25) is 0 Å². The summed E-state index contributed by atoms with van der Waals surface area (Å²) in [4.78, 5) is 24.6. The molecule has 7 heteroatoms. The summed E-state index contributed by atoms with van der Waals surface area (Å²) in [6, 6.07) is 0.906. The highest BCUT2D eigenvalue weighted by molar-refractivity contribution is 4.89. The number of aliphatic hydroxyl groups is 2. The number of aromatic nitrogens is 2. The average molecular weight is 242 g/mol. The Morgan fingerprint density at radius 2 is 2.29 bits per heavy atom. The average Bonchev–Trinajstić information content (AvgIpc) is 2.29. The molecule has 1 aromatic rings. The van der Waals surface area contributed by atoms with Crippen molar-refractivity contribution in [2.75, 3.05) is 13.2 Å². The fourth-order valence-electron chi connectivity index (χ4n) is 1.93. The molecule has 3 atom stereocenters. The van der Waals surface area contributed by atoms with Crippen LogP contribution < -0.4 is 11.2 Å². The van der Waals surface area contributed by atoms with Gasteiger partial charge in [-0.1, -0.05) is 0 Å². The highest BCUT2D eigenvalue weighted by Crippen LogP contribution is 2.22. The van der Waals surface area contributed by atoms with Crippen LogP contribution in [-0.2, 0) is 4.74 Å². The van der Waals surface area contributed by atoms with Gasteiger partial charge in [0.05, 0.1) is 25.4 Å². The molecule has 0 saturated carbocycles. The van der Waals surface area contributed by atoms with Gasteiger partial charge in [0.1, 0.15) is 6.10 Å². The molecule has 0 spiro atoms. The van der Waals surface area contributed by atoms with Crippen molar-refractivity contribution in [2.45, 2.75) is 24.7 Å². The van der Waals surface area contributed by atoms with Crippen LogP contribution in [0.15, 0.2) is 21.9 Å². The van der Waals surface area contributed by atoms with Crippen molar-refractivity contribution in [3.8, 4) is 0 Å². The van der Waals surface area contributed by atoms with E-state index in [9.17, 15) is 14.7 Å². The summed E-state index contributed by atoms with van der Waals surface area (Å²) in [6.45, 7) is -0.0390. The monoisotopic (exact) mass is 242 g/mol. The Balaban J connectivity index is 2.19. The normalized spacial score (nSPS) is 29.2. The van der Waals surface area contributed by atoms with Gasteiger partial charge >= 0.3 is 5.69 Å². The Labute approximate surface area is 96.3 Å². The van der Waals surface area contributed by atoms with E-state index in [4.69, 9.17) is 9.84 Å². The molecule has 0 unspecified atom stereocenters. The van der Waals surface area contributed by atoms with Gasteiger partial charge in [0.15, 0.2) is 0 Å². The van der Waals surface area contributed by atoms with E-state index in [0.717, 1.165) is 0 Å². The van der Waals surface area contributed by atoms with Gasteiger partial charge in [-0.05, 0) is 6.42 Å².